The number of nitrogens with zero attached hydrogens (tertiary/aromatic N) is 2. The van der Waals surface area contributed by atoms with Crippen molar-refractivity contribution < 1.29 is 22.7 Å². The lowest BCUT2D eigenvalue weighted by Gasteiger charge is -2.32. The number of benzene rings is 4. The minimum atomic E-state index is -4.16. The monoisotopic (exact) mass is 663 g/mol. The van der Waals surface area contributed by atoms with E-state index in [1.54, 1.807) is 49.4 Å². The Morgan fingerprint density at radius 2 is 1.49 bits per heavy atom. The molecule has 0 bridgehead atoms. The molecule has 0 aromatic heterocycles. The number of carbonyl (C=O) groups excluding carboxylic acids is 2. The highest BCUT2D eigenvalue weighted by molar-refractivity contribution is 9.10. The van der Waals surface area contributed by atoms with Crippen LogP contribution in [0.1, 0.15) is 25.8 Å². The van der Waals surface area contributed by atoms with E-state index in [-0.39, 0.29) is 23.0 Å². The number of sulfonamides is 1. The molecule has 0 fully saturated rings. The van der Waals surface area contributed by atoms with E-state index in [0.717, 1.165) is 20.8 Å². The van der Waals surface area contributed by atoms with Gasteiger partial charge in [-0.1, -0.05) is 71.4 Å². The summed E-state index contributed by atoms with van der Waals surface area (Å²) in [5.74, 6) is 0.307. The third-order valence-corrected chi connectivity index (χ3v) is 8.95. The number of amides is 2. The van der Waals surface area contributed by atoms with Crippen LogP contribution in [0.4, 0.5) is 5.69 Å². The standard InChI is InChI=1S/C33H34BrN3O5S/c1-3-21-35-33(39)25(2)36(23-26-11-10-12-27(34)22-26)32(38)24-37(43(40,41)31-15-8-5-9-16-31)28-17-19-30(20-18-28)42-29-13-6-4-7-14-29/h4-20,22,25H,3,21,23-24H2,1-2H3,(H,35,39). The molecule has 4 aromatic rings. The molecule has 1 atom stereocenters. The summed E-state index contributed by atoms with van der Waals surface area (Å²) in [5, 5.41) is 2.84. The predicted octanol–water partition coefficient (Wildman–Crippen LogP) is 6.38. The van der Waals surface area contributed by atoms with Crippen LogP contribution in [0.25, 0.3) is 0 Å². The van der Waals surface area contributed by atoms with Crippen LogP contribution in [0, 0.1) is 0 Å². The molecule has 0 aliphatic heterocycles. The fourth-order valence-electron chi connectivity index (χ4n) is 4.36. The van der Waals surface area contributed by atoms with Gasteiger partial charge in [-0.3, -0.25) is 13.9 Å². The Labute approximate surface area is 261 Å². The van der Waals surface area contributed by atoms with Crippen molar-refractivity contribution in [3.63, 3.8) is 0 Å². The second-order valence-electron chi connectivity index (χ2n) is 9.85. The second-order valence-corrected chi connectivity index (χ2v) is 12.6. The van der Waals surface area contributed by atoms with Crippen molar-refractivity contribution in [3.05, 3.63) is 119 Å². The van der Waals surface area contributed by atoms with Gasteiger partial charge in [-0.2, -0.15) is 0 Å². The minimum Gasteiger partial charge on any atom is -0.457 e. The normalized spacial score (nSPS) is 11.8. The second kappa shape index (κ2) is 14.8. The molecule has 2 amide bonds. The summed E-state index contributed by atoms with van der Waals surface area (Å²) >= 11 is 3.46. The Bertz CT molecular complexity index is 1620. The molecule has 4 aromatic carbocycles. The van der Waals surface area contributed by atoms with Crippen LogP contribution >= 0.6 is 15.9 Å². The van der Waals surface area contributed by atoms with Crippen molar-refractivity contribution in [3.8, 4) is 11.5 Å². The molecule has 224 valence electrons. The lowest BCUT2D eigenvalue weighted by atomic mass is 10.1. The van der Waals surface area contributed by atoms with E-state index in [4.69, 9.17) is 4.74 Å². The van der Waals surface area contributed by atoms with Gasteiger partial charge >= 0.3 is 0 Å². The molecule has 0 spiro atoms. The molecule has 0 heterocycles. The first kappa shape index (κ1) is 31.8. The van der Waals surface area contributed by atoms with Crippen LogP contribution in [0.5, 0.6) is 11.5 Å². The molecule has 1 unspecified atom stereocenters. The molecule has 1 N–H and O–H groups in total. The van der Waals surface area contributed by atoms with Gasteiger partial charge in [-0.05, 0) is 79.6 Å². The maximum absolute atomic E-state index is 14.0. The van der Waals surface area contributed by atoms with Gasteiger partial charge in [0.15, 0.2) is 0 Å². The Hall–Kier alpha value is -4.15. The van der Waals surface area contributed by atoms with Gasteiger partial charge in [-0.15, -0.1) is 0 Å². The largest absolute Gasteiger partial charge is 0.457 e. The third-order valence-electron chi connectivity index (χ3n) is 6.67. The van der Waals surface area contributed by atoms with Crippen molar-refractivity contribution in [2.75, 3.05) is 17.4 Å². The zero-order valence-electron chi connectivity index (χ0n) is 24.0. The van der Waals surface area contributed by atoms with Gasteiger partial charge in [0.25, 0.3) is 10.0 Å². The Morgan fingerprint density at radius 3 is 2.12 bits per heavy atom. The van der Waals surface area contributed by atoms with Crippen LogP contribution in [0.3, 0.4) is 0 Å². The number of anilines is 1. The number of hydrogen-bond donors (Lipinski definition) is 1. The number of para-hydroxylation sites is 1. The molecule has 43 heavy (non-hydrogen) atoms. The molecule has 8 nitrogen and oxygen atoms in total. The van der Waals surface area contributed by atoms with Gasteiger partial charge in [0.1, 0.15) is 24.1 Å². The number of carbonyl (C=O) groups is 2. The molecule has 4 rings (SSSR count). The van der Waals surface area contributed by atoms with Crippen LogP contribution in [-0.4, -0.2) is 44.3 Å². The van der Waals surface area contributed by atoms with Crippen LogP contribution in [0.15, 0.2) is 119 Å². The Morgan fingerprint density at radius 1 is 0.860 bits per heavy atom. The van der Waals surface area contributed by atoms with Crippen molar-refractivity contribution in [1.29, 1.82) is 0 Å². The summed E-state index contributed by atoms with van der Waals surface area (Å²) < 4.78 is 35.7. The first-order valence-corrected chi connectivity index (χ1v) is 16.1. The van der Waals surface area contributed by atoms with E-state index < -0.39 is 28.5 Å². The van der Waals surface area contributed by atoms with Gasteiger partial charge in [-0.25, -0.2) is 8.42 Å². The summed E-state index contributed by atoms with van der Waals surface area (Å²) in [7, 11) is -4.16. The van der Waals surface area contributed by atoms with Gasteiger partial charge in [0.2, 0.25) is 11.8 Å². The van der Waals surface area contributed by atoms with Crippen molar-refractivity contribution >= 4 is 43.5 Å². The van der Waals surface area contributed by atoms with Gasteiger partial charge in [0.05, 0.1) is 10.6 Å². The van der Waals surface area contributed by atoms with Crippen LogP contribution in [-0.2, 0) is 26.2 Å². The minimum absolute atomic E-state index is 0.0414. The number of rotatable bonds is 13. The van der Waals surface area contributed by atoms with Crippen LogP contribution < -0.4 is 14.4 Å². The van der Waals surface area contributed by atoms with E-state index in [2.05, 4.69) is 21.2 Å². The number of halogens is 1. The molecule has 0 saturated heterocycles. The highest BCUT2D eigenvalue weighted by atomic mass is 79.9. The molecule has 10 heteroatoms. The average molecular weight is 665 g/mol. The summed E-state index contributed by atoms with van der Waals surface area (Å²) in [5.41, 5.74) is 1.07. The van der Waals surface area contributed by atoms with Crippen molar-refractivity contribution in [2.45, 2.75) is 37.8 Å². The zero-order valence-corrected chi connectivity index (χ0v) is 26.4. The topological polar surface area (TPSA) is 96.0 Å². The lowest BCUT2D eigenvalue weighted by Crippen LogP contribution is -2.51. The van der Waals surface area contributed by atoms with Gasteiger partial charge < -0.3 is 15.0 Å². The summed E-state index contributed by atoms with van der Waals surface area (Å²) in [6.07, 6.45) is 0.741. The summed E-state index contributed by atoms with van der Waals surface area (Å²) in [6.45, 7) is 3.65. The summed E-state index contributed by atoms with van der Waals surface area (Å²) in [6, 6.07) is 30.3. The van der Waals surface area contributed by atoms with E-state index in [1.165, 1.54) is 17.0 Å². The van der Waals surface area contributed by atoms with Crippen molar-refractivity contribution in [2.24, 2.45) is 0 Å². The highest BCUT2D eigenvalue weighted by Crippen LogP contribution is 2.28. The lowest BCUT2D eigenvalue weighted by molar-refractivity contribution is -0.139. The molecule has 0 saturated carbocycles. The highest BCUT2D eigenvalue weighted by Gasteiger charge is 2.32. The quantitative estimate of drug-likeness (QED) is 0.179. The van der Waals surface area contributed by atoms with E-state index in [1.807, 2.05) is 61.5 Å². The SMILES string of the molecule is CCCNC(=O)C(C)N(Cc1cccc(Br)c1)C(=O)CN(c1ccc(Oc2ccccc2)cc1)S(=O)(=O)c1ccccc1. The summed E-state index contributed by atoms with van der Waals surface area (Å²) in [4.78, 5) is 28.5. The number of ether oxygens (including phenoxy) is 1. The van der Waals surface area contributed by atoms with Crippen LogP contribution in [0.2, 0.25) is 0 Å². The maximum atomic E-state index is 14.0. The van der Waals surface area contributed by atoms with Crippen molar-refractivity contribution in [1.82, 2.24) is 10.2 Å². The molecular weight excluding hydrogens is 630 g/mol. The van der Waals surface area contributed by atoms with E-state index >= 15 is 0 Å². The predicted molar refractivity (Wildman–Crippen MR) is 171 cm³/mol. The molecule has 0 radical (unpaired) electrons. The number of hydrogen-bond acceptors (Lipinski definition) is 5. The fraction of sp³-hybridized carbons (Fsp3) is 0.212. The van der Waals surface area contributed by atoms with Gasteiger partial charge in [0, 0.05) is 17.6 Å². The van der Waals surface area contributed by atoms with E-state index in [9.17, 15) is 18.0 Å². The average Bonchev–Trinajstić information content (AvgIpc) is 3.02. The molecule has 0 aliphatic carbocycles. The Kier molecular flexibility index (Phi) is 11.0. The molecule has 0 aliphatic rings. The smallest absolute Gasteiger partial charge is 0.264 e. The first-order valence-electron chi connectivity index (χ1n) is 13.9. The zero-order chi connectivity index (χ0) is 30.8. The van der Waals surface area contributed by atoms with E-state index in [0.29, 0.717) is 18.0 Å². The Balaban J connectivity index is 1.68. The third kappa shape index (κ3) is 8.46. The number of nitrogens with one attached hydrogen (secondary N) is 1. The molecular formula is C33H34BrN3O5S. The maximum Gasteiger partial charge on any atom is 0.264 e. The fourth-order valence-corrected chi connectivity index (χ4v) is 6.25. The first-order chi connectivity index (χ1) is 20.7.